The summed E-state index contributed by atoms with van der Waals surface area (Å²) in [5.74, 6) is 0.455. The van der Waals surface area contributed by atoms with Crippen LogP contribution in [0.3, 0.4) is 0 Å². The van der Waals surface area contributed by atoms with E-state index < -0.39 is 20.4 Å². The fraction of sp³-hybridized carbons (Fsp3) is 0.500. The molecule has 0 atom stereocenters. The van der Waals surface area contributed by atoms with Crippen LogP contribution in [0, 0.1) is 0 Å². The minimum absolute atomic E-state index is 0.0211. The van der Waals surface area contributed by atoms with Crippen LogP contribution in [0.25, 0.3) is 0 Å². The van der Waals surface area contributed by atoms with Crippen LogP contribution >= 0.6 is 10.3 Å². The second kappa shape index (κ2) is 6.74. The van der Waals surface area contributed by atoms with Crippen molar-refractivity contribution in [3.05, 3.63) is 35.4 Å². The van der Waals surface area contributed by atoms with Crippen LogP contribution in [-0.2, 0) is 19.5 Å². The van der Waals surface area contributed by atoms with Gasteiger partial charge in [-0.1, -0.05) is 31.2 Å². The monoisotopic (exact) mass is 318 g/mol. The Hall–Kier alpha value is -0.850. The zero-order chi connectivity index (χ0) is 15.4. The number of carbonyl (C=O) groups is 1. The number of Topliss-reactive ketones (excluding diaryl/α,β-unsaturated/α-hetero) is 1. The highest BCUT2D eigenvalue weighted by atomic mass is 32.3. The van der Waals surface area contributed by atoms with E-state index in [1.54, 1.807) is 31.6 Å². The molecule has 0 amide bonds. The summed E-state index contributed by atoms with van der Waals surface area (Å²) in [6, 6.07) is 7.25. The average molecular weight is 318 g/mol. The number of rotatable bonds is 7. The molecule has 0 radical (unpaired) electrons. The zero-order valence-corrected chi connectivity index (χ0v) is 14.0. The molecular weight excluding hydrogens is 296 g/mol. The SMILES string of the molecule is CCCS(=O)(=O)OS(C)(C)Cc1ccccc1C(C)=O. The second-order valence-corrected chi connectivity index (χ2v) is 10.4. The summed E-state index contributed by atoms with van der Waals surface area (Å²) in [7, 11) is -5.30. The Bertz CT molecular complexity index is 577. The molecule has 0 unspecified atom stereocenters. The van der Waals surface area contributed by atoms with Gasteiger partial charge in [0.15, 0.2) is 5.78 Å². The van der Waals surface area contributed by atoms with E-state index in [4.69, 9.17) is 3.63 Å². The second-order valence-electron chi connectivity index (χ2n) is 5.12. The maximum absolute atomic E-state index is 11.8. The van der Waals surface area contributed by atoms with Crippen molar-refractivity contribution in [1.82, 2.24) is 0 Å². The van der Waals surface area contributed by atoms with E-state index in [2.05, 4.69) is 0 Å². The van der Waals surface area contributed by atoms with Gasteiger partial charge in [0, 0.05) is 11.3 Å². The van der Waals surface area contributed by atoms with E-state index in [1.165, 1.54) is 6.92 Å². The van der Waals surface area contributed by atoms with Gasteiger partial charge >= 0.3 is 0 Å². The Morgan fingerprint density at radius 2 is 1.80 bits per heavy atom. The van der Waals surface area contributed by atoms with Gasteiger partial charge in [-0.25, -0.2) is 3.63 Å². The molecule has 0 aliphatic rings. The van der Waals surface area contributed by atoms with Crippen LogP contribution < -0.4 is 0 Å². The number of hydrogen-bond donors (Lipinski definition) is 0. The smallest absolute Gasteiger partial charge is 0.276 e. The standard InChI is InChI=1S/C14H22O4S2/c1-5-10-20(16,17)18-19(3,4)11-13-8-6-7-9-14(13)12(2)15/h6-9H,5,10-11H2,1-4H3. The van der Waals surface area contributed by atoms with Gasteiger partial charge in [0.25, 0.3) is 10.1 Å². The normalized spacial score (nSPS) is 13.2. The van der Waals surface area contributed by atoms with E-state index >= 15 is 0 Å². The number of hydrogen-bond acceptors (Lipinski definition) is 4. The van der Waals surface area contributed by atoms with Gasteiger partial charge in [0.1, 0.15) is 0 Å². The minimum atomic E-state index is -3.49. The molecule has 1 rings (SSSR count). The lowest BCUT2D eigenvalue weighted by Gasteiger charge is -2.30. The van der Waals surface area contributed by atoms with Gasteiger partial charge in [0.2, 0.25) is 0 Å². The summed E-state index contributed by atoms with van der Waals surface area (Å²) in [4.78, 5) is 11.6. The van der Waals surface area contributed by atoms with Crippen molar-refractivity contribution < 1.29 is 16.8 Å². The molecule has 0 aliphatic carbocycles. The number of ketones is 1. The summed E-state index contributed by atoms with van der Waals surface area (Å²) >= 11 is 0. The van der Waals surface area contributed by atoms with Crippen molar-refractivity contribution in [2.45, 2.75) is 26.0 Å². The lowest BCUT2D eigenvalue weighted by Crippen LogP contribution is -2.15. The maximum atomic E-state index is 11.8. The molecule has 0 fully saturated rings. The Kier molecular flexibility index (Phi) is 5.79. The van der Waals surface area contributed by atoms with Crippen LogP contribution in [0.5, 0.6) is 0 Å². The van der Waals surface area contributed by atoms with Crippen LogP contribution in [0.15, 0.2) is 24.3 Å². The van der Waals surface area contributed by atoms with E-state index in [9.17, 15) is 13.2 Å². The van der Waals surface area contributed by atoms with Crippen LogP contribution in [-0.4, -0.2) is 32.5 Å². The molecule has 1 aromatic carbocycles. The highest BCUT2D eigenvalue weighted by Crippen LogP contribution is 2.47. The van der Waals surface area contributed by atoms with Gasteiger partial charge < -0.3 is 0 Å². The highest BCUT2D eigenvalue weighted by molar-refractivity contribution is 8.31. The van der Waals surface area contributed by atoms with Crippen molar-refractivity contribution in [2.75, 3.05) is 18.3 Å². The molecule has 0 bridgehead atoms. The van der Waals surface area contributed by atoms with E-state index in [0.29, 0.717) is 17.7 Å². The fourth-order valence-corrected chi connectivity index (χ4v) is 6.16. The van der Waals surface area contributed by atoms with E-state index in [1.807, 2.05) is 12.1 Å². The van der Waals surface area contributed by atoms with Gasteiger partial charge in [-0.15, -0.1) is 10.3 Å². The molecule has 0 saturated carbocycles. The van der Waals surface area contributed by atoms with Crippen molar-refractivity contribution in [2.24, 2.45) is 0 Å². The number of carbonyl (C=O) groups excluding carboxylic acids is 1. The Balaban J connectivity index is 2.94. The molecule has 1 aromatic rings. The quantitative estimate of drug-likeness (QED) is 0.725. The first-order valence-electron chi connectivity index (χ1n) is 6.40. The van der Waals surface area contributed by atoms with Crippen molar-refractivity contribution in [1.29, 1.82) is 0 Å². The summed E-state index contributed by atoms with van der Waals surface area (Å²) in [5.41, 5.74) is 1.47. The first-order chi connectivity index (χ1) is 9.17. The molecule has 0 heterocycles. The molecule has 0 saturated heterocycles. The molecule has 0 spiro atoms. The largest absolute Gasteiger partial charge is 0.295 e. The molecule has 114 valence electrons. The average Bonchev–Trinajstić information content (AvgIpc) is 2.26. The molecule has 0 aliphatic heterocycles. The zero-order valence-electron chi connectivity index (χ0n) is 12.4. The van der Waals surface area contributed by atoms with Crippen molar-refractivity contribution >= 4 is 26.2 Å². The first kappa shape index (κ1) is 17.2. The third-order valence-electron chi connectivity index (χ3n) is 2.64. The predicted octanol–water partition coefficient (Wildman–Crippen LogP) is 3.12. The van der Waals surface area contributed by atoms with E-state index in [-0.39, 0.29) is 11.5 Å². The van der Waals surface area contributed by atoms with Gasteiger partial charge in [-0.05, 0) is 31.4 Å². The summed E-state index contributed by atoms with van der Waals surface area (Å²) in [6.45, 7) is 3.31. The molecule has 4 nitrogen and oxygen atoms in total. The van der Waals surface area contributed by atoms with Crippen LogP contribution in [0.4, 0.5) is 0 Å². The third-order valence-corrected chi connectivity index (χ3v) is 6.86. The predicted molar refractivity (Wildman–Crippen MR) is 84.8 cm³/mol. The van der Waals surface area contributed by atoms with Gasteiger partial charge in [-0.3, -0.25) is 4.79 Å². The van der Waals surface area contributed by atoms with Crippen molar-refractivity contribution in [3.63, 3.8) is 0 Å². The molecular formula is C14H22O4S2. The van der Waals surface area contributed by atoms with Gasteiger partial charge in [-0.2, -0.15) is 8.42 Å². The van der Waals surface area contributed by atoms with Crippen molar-refractivity contribution in [3.8, 4) is 0 Å². The minimum Gasteiger partial charge on any atom is -0.295 e. The number of benzene rings is 1. The topological polar surface area (TPSA) is 60.4 Å². The van der Waals surface area contributed by atoms with Gasteiger partial charge in [0.05, 0.1) is 5.75 Å². The molecule has 0 N–H and O–H groups in total. The maximum Gasteiger partial charge on any atom is 0.276 e. The molecule has 20 heavy (non-hydrogen) atoms. The summed E-state index contributed by atoms with van der Waals surface area (Å²) in [6.07, 6.45) is 4.14. The lowest BCUT2D eigenvalue weighted by molar-refractivity contribution is 0.101. The summed E-state index contributed by atoms with van der Waals surface area (Å²) < 4.78 is 28.9. The van der Waals surface area contributed by atoms with Crippen LogP contribution in [0.1, 0.15) is 36.2 Å². The molecule has 0 aromatic heterocycles. The van der Waals surface area contributed by atoms with E-state index in [0.717, 1.165) is 5.56 Å². The van der Waals surface area contributed by atoms with Crippen LogP contribution in [0.2, 0.25) is 0 Å². The Labute approximate surface area is 123 Å². The third kappa shape index (κ3) is 5.26. The lowest BCUT2D eigenvalue weighted by atomic mass is 10.1. The molecule has 6 heteroatoms. The fourth-order valence-electron chi connectivity index (χ4n) is 1.95. The Morgan fingerprint density at radius 3 is 2.35 bits per heavy atom. The highest BCUT2D eigenvalue weighted by Gasteiger charge is 2.23. The first-order valence-corrected chi connectivity index (χ1v) is 10.5. The Morgan fingerprint density at radius 1 is 1.20 bits per heavy atom. The summed E-state index contributed by atoms with van der Waals surface area (Å²) in [5, 5.41) is 0.